The summed E-state index contributed by atoms with van der Waals surface area (Å²) in [6, 6.07) is 4.13. The molecule has 1 aromatic carbocycles. The molecule has 29 heavy (non-hydrogen) atoms. The molecule has 0 saturated carbocycles. The first-order valence-corrected chi connectivity index (χ1v) is 9.88. The lowest BCUT2D eigenvalue weighted by molar-refractivity contribution is -0.151. The third kappa shape index (κ3) is 4.26. The Labute approximate surface area is 169 Å². The molecule has 8 nitrogen and oxygen atoms in total. The van der Waals surface area contributed by atoms with Gasteiger partial charge in [-0.3, -0.25) is 24.1 Å². The molecule has 1 aromatic rings. The molecule has 1 saturated heterocycles. The van der Waals surface area contributed by atoms with Crippen LogP contribution in [0.3, 0.4) is 0 Å². The number of anilines is 1. The lowest BCUT2D eigenvalue weighted by Gasteiger charge is -2.38. The monoisotopic (exact) mass is 402 g/mol. The lowest BCUT2D eigenvalue weighted by atomic mass is 9.96. The standard InChI is InChI=1S/C21H26N2O6/c1-4-28-21(27)15-7-9-22(10-8-15)20(26)13(2)23-17-11-16(14(3)24)5-6-18(17)29-12-19(23)25/h5-6,11,13,15H,4,7-10,12H2,1-3H3. The van der Waals surface area contributed by atoms with E-state index in [-0.39, 0.29) is 36.1 Å². The van der Waals surface area contributed by atoms with E-state index in [0.29, 0.717) is 49.5 Å². The molecule has 0 spiro atoms. The number of piperidine rings is 1. The van der Waals surface area contributed by atoms with E-state index in [9.17, 15) is 19.2 Å². The van der Waals surface area contributed by atoms with Crippen molar-refractivity contribution >= 4 is 29.3 Å². The predicted molar refractivity (Wildman–Crippen MR) is 105 cm³/mol. The summed E-state index contributed by atoms with van der Waals surface area (Å²) in [6.07, 6.45) is 1.08. The van der Waals surface area contributed by atoms with Gasteiger partial charge < -0.3 is 14.4 Å². The number of amides is 2. The molecule has 0 radical (unpaired) electrons. The smallest absolute Gasteiger partial charge is 0.309 e. The zero-order valence-corrected chi connectivity index (χ0v) is 17.0. The van der Waals surface area contributed by atoms with E-state index < -0.39 is 6.04 Å². The van der Waals surface area contributed by atoms with Crippen molar-refractivity contribution in [3.8, 4) is 5.75 Å². The minimum absolute atomic E-state index is 0.134. The van der Waals surface area contributed by atoms with Gasteiger partial charge in [-0.15, -0.1) is 0 Å². The van der Waals surface area contributed by atoms with Crippen molar-refractivity contribution in [1.29, 1.82) is 0 Å². The Morgan fingerprint density at radius 3 is 2.55 bits per heavy atom. The molecule has 1 unspecified atom stereocenters. The number of rotatable bonds is 5. The van der Waals surface area contributed by atoms with Gasteiger partial charge in [0.05, 0.1) is 18.2 Å². The zero-order chi connectivity index (χ0) is 21.1. The van der Waals surface area contributed by atoms with Gasteiger partial charge in [0.25, 0.3) is 5.91 Å². The van der Waals surface area contributed by atoms with Crippen LogP contribution in [-0.4, -0.2) is 60.8 Å². The second-order valence-electron chi connectivity index (χ2n) is 7.32. The number of ether oxygens (including phenoxy) is 2. The van der Waals surface area contributed by atoms with Crippen LogP contribution in [-0.2, 0) is 19.1 Å². The Morgan fingerprint density at radius 2 is 1.93 bits per heavy atom. The zero-order valence-electron chi connectivity index (χ0n) is 17.0. The van der Waals surface area contributed by atoms with Crippen molar-refractivity contribution in [3.05, 3.63) is 23.8 Å². The molecule has 2 aliphatic rings. The van der Waals surface area contributed by atoms with Gasteiger partial charge in [-0.25, -0.2) is 0 Å². The van der Waals surface area contributed by atoms with E-state index in [2.05, 4.69) is 0 Å². The third-order valence-corrected chi connectivity index (χ3v) is 5.42. The summed E-state index contributed by atoms with van der Waals surface area (Å²) in [5, 5.41) is 0. The Morgan fingerprint density at radius 1 is 1.24 bits per heavy atom. The van der Waals surface area contributed by atoms with E-state index in [0.717, 1.165) is 0 Å². The highest BCUT2D eigenvalue weighted by Crippen LogP contribution is 2.35. The maximum Gasteiger partial charge on any atom is 0.309 e. The highest BCUT2D eigenvalue weighted by Gasteiger charge is 2.37. The number of Topliss-reactive ketones (excluding diaryl/α,β-unsaturated/α-hetero) is 1. The summed E-state index contributed by atoms with van der Waals surface area (Å²) in [4.78, 5) is 52.4. The van der Waals surface area contributed by atoms with Crippen LogP contribution >= 0.6 is 0 Å². The first-order chi connectivity index (χ1) is 13.8. The van der Waals surface area contributed by atoms with Gasteiger partial charge in [0.15, 0.2) is 12.4 Å². The first kappa shape index (κ1) is 20.8. The Balaban J connectivity index is 1.75. The second kappa shape index (κ2) is 8.63. The highest BCUT2D eigenvalue weighted by atomic mass is 16.5. The van der Waals surface area contributed by atoms with Gasteiger partial charge in [0.2, 0.25) is 5.91 Å². The van der Waals surface area contributed by atoms with Crippen LogP contribution in [0.5, 0.6) is 5.75 Å². The number of nitrogens with zero attached hydrogens (tertiary/aromatic N) is 2. The van der Waals surface area contributed by atoms with E-state index in [1.54, 1.807) is 36.9 Å². The minimum Gasteiger partial charge on any atom is -0.482 e. The average molecular weight is 402 g/mol. The normalized spacial score (nSPS) is 18.0. The quantitative estimate of drug-likeness (QED) is 0.551. The fourth-order valence-electron chi connectivity index (χ4n) is 3.79. The molecular formula is C21H26N2O6. The summed E-state index contributed by atoms with van der Waals surface area (Å²) >= 11 is 0. The van der Waals surface area contributed by atoms with Gasteiger partial charge in [0.1, 0.15) is 11.8 Å². The van der Waals surface area contributed by atoms with Crippen molar-refractivity contribution in [2.45, 2.75) is 39.7 Å². The van der Waals surface area contributed by atoms with Gasteiger partial charge in [0, 0.05) is 18.7 Å². The highest BCUT2D eigenvalue weighted by molar-refractivity contribution is 6.05. The largest absolute Gasteiger partial charge is 0.482 e. The number of hydrogen-bond acceptors (Lipinski definition) is 6. The molecule has 0 bridgehead atoms. The van der Waals surface area contributed by atoms with Gasteiger partial charge >= 0.3 is 5.97 Å². The number of likely N-dealkylation sites (tertiary alicyclic amines) is 1. The van der Waals surface area contributed by atoms with Crippen molar-refractivity contribution in [3.63, 3.8) is 0 Å². The molecule has 1 fully saturated rings. The summed E-state index contributed by atoms with van der Waals surface area (Å²) in [6.45, 7) is 5.95. The molecular weight excluding hydrogens is 376 g/mol. The maximum absolute atomic E-state index is 13.1. The van der Waals surface area contributed by atoms with E-state index in [4.69, 9.17) is 9.47 Å². The summed E-state index contributed by atoms with van der Waals surface area (Å²) in [5.41, 5.74) is 0.873. The molecule has 0 aromatic heterocycles. The molecule has 2 amide bonds. The molecule has 2 heterocycles. The Bertz CT molecular complexity index is 828. The fourth-order valence-corrected chi connectivity index (χ4v) is 3.79. The second-order valence-corrected chi connectivity index (χ2v) is 7.32. The summed E-state index contributed by atoms with van der Waals surface area (Å²) in [5.74, 6) is -0.608. The van der Waals surface area contributed by atoms with Crippen molar-refractivity contribution in [2.75, 3.05) is 31.2 Å². The van der Waals surface area contributed by atoms with Gasteiger partial charge in [-0.05, 0) is 51.8 Å². The SMILES string of the molecule is CCOC(=O)C1CCN(C(=O)C(C)N2C(=O)COc3ccc(C(C)=O)cc32)CC1. The minimum atomic E-state index is -0.744. The Hall–Kier alpha value is -2.90. The molecule has 0 N–H and O–H groups in total. The van der Waals surface area contributed by atoms with E-state index in [1.165, 1.54) is 11.8 Å². The number of fused-ring (bicyclic) bond motifs is 1. The van der Waals surface area contributed by atoms with Crippen LogP contribution in [0.15, 0.2) is 18.2 Å². The van der Waals surface area contributed by atoms with Crippen LogP contribution < -0.4 is 9.64 Å². The van der Waals surface area contributed by atoms with E-state index >= 15 is 0 Å². The number of carbonyl (C=O) groups is 4. The lowest BCUT2D eigenvalue weighted by Crippen LogP contribution is -2.54. The first-order valence-electron chi connectivity index (χ1n) is 9.88. The molecule has 3 rings (SSSR count). The average Bonchev–Trinajstić information content (AvgIpc) is 2.72. The van der Waals surface area contributed by atoms with Crippen molar-refractivity contribution in [2.24, 2.45) is 5.92 Å². The molecule has 0 aliphatic carbocycles. The maximum atomic E-state index is 13.1. The van der Waals surface area contributed by atoms with Crippen LogP contribution in [0.4, 0.5) is 5.69 Å². The summed E-state index contributed by atoms with van der Waals surface area (Å²) < 4.78 is 10.5. The number of ketones is 1. The molecule has 1 atom stereocenters. The molecule has 2 aliphatic heterocycles. The van der Waals surface area contributed by atoms with Gasteiger partial charge in [-0.2, -0.15) is 0 Å². The number of carbonyl (C=O) groups excluding carboxylic acids is 4. The molecule has 156 valence electrons. The predicted octanol–water partition coefficient (Wildman–Crippen LogP) is 1.80. The van der Waals surface area contributed by atoms with Crippen molar-refractivity contribution < 1.29 is 28.7 Å². The van der Waals surface area contributed by atoms with Gasteiger partial charge in [-0.1, -0.05) is 0 Å². The van der Waals surface area contributed by atoms with E-state index in [1.807, 2.05) is 0 Å². The van der Waals surface area contributed by atoms with Crippen LogP contribution in [0.25, 0.3) is 0 Å². The molecule has 8 heteroatoms. The number of hydrogen-bond donors (Lipinski definition) is 0. The third-order valence-electron chi connectivity index (χ3n) is 5.42. The number of esters is 1. The van der Waals surface area contributed by atoms with Crippen LogP contribution in [0.2, 0.25) is 0 Å². The topological polar surface area (TPSA) is 93.2 Å². The summed E-state index contributed by atoms with van der Waals surface area (Å²) in [7, 11) is 0. The Kier molecular flexibility index (Phi) is 6.20. The van der Waals surface area contributed by atoms with Crippen LogP contribution in [0.1, 0.15) is 44.0 Å². The van der Waals surface area contributed by atoms with Crippen LogP contribution in [0, 0.1) is 5.92 Å². The van der Waals surface area contributed by atoms with Crippen molar-refractivity contribution in [1.82, 2.24) is 4.90 Å². The number of benzene rings is 1. The fraction of sp³-hybridized carbons (Fsp3) is 0.524.